The van der Waals surface area contributed by atoms with Crippen molar-refractivity contribution >= 4 is 24.6 Å². The van der Waals surface area contributed by atoms with Gasteiger partial charge in [-0.15, -0.1) is 12.4 Å². The number of hydrogen-bond donors (Lipinski definition) is 2. The number of ether oxygens (including phenoxy) is 6. The number of amides is 2. The van der Waals surface area contributed by atoms with Crippen molar-refractivity contribution in [2.24, 2.45) is 0 Å². The van der Waals surface area contributed by atoms with E-state index in [2.05, 4.69) is 14.8 Å². The fraction of sp³-hybridized carbons (Fsp3) is 0.702. The van der Waals surface area contributed by atoms with Crippen LogP contribution < -0.4 is 14.8 Å². The molecule has 6 aliphatic rings. The van der Waals surface area contributed by atoms with Gasteiger partial charge in [-0.05, 0) is 131 Å². The van der Waals surface area contributed by atoms with Crippen LogP contribution in [-0.4, -0.2) is 106 Å². The smallest absolute Gasteiger partial charge is 0.410 e. The Morgan fingerprint density at radius 2 is 0.969 bits per heavy atom. The molecule has 8 rings (SSSR count). The van der Waals surface area contributed by atoms with Gasteiger partial charge in [0, 0.05) is 47.4 Å². The molecule has 6 unspecified atom stereocenters. The Kier molecular flexibility index (Phi) is 18.3. The van der Waals surface area contributed by atoms with Crippen LogP contribution in [0.15, 0.2) is 48.5 Å². The van der Waals surface area contributed by atoms with Gasteiger partial charge in [0.2, 0.25) is 0 Å². The molecule has 2 aromatic carbocycles. The van der Waals surface area contributed by atoms with Crippen molar-refractivity contribution in [2.45, 2.75) is 211 Å². The third kappa shape index (κ3) is 15.0. The number of hydrogen-bond acceptors (Lipinski definition) is 10. The number of para-hydroxylation sites is 2. The van der Waals surface area contributed by atoms with Crippen molar-refractivity contribution in [1.82, 2.24) is 15.1 Å². The van der Waals surface area contributed by atoms with E-state index in [4.69, 9.17) is 18.9 Å². The van der Waals surface area contributed by atoms with Crippen molar-refractivity contribution < 1.29 is 60.7 Å². The highest BCUT2D eigenvalue weighted by atomic mass is 35.5. The molecular formula is C47H68ClF4N3O9. The summed E-state index contributed by atoms with van der Waals surface area (Å²) in [6.07, 6.45) is 10.7. The number of nitrogens with zero attached hydrogens (tertiary/aromatic N) is 2. The fourth-order valence-electron chi connectivity index (χ4n) is 9.86. The van der Waals surface area contributed by atoms with Crippen molar-refractivity contribution in [1.29, 1.82) is 0 Å². The topological polar surface area (TPSA) is 128 Å². The second kappa shape index (κ2) is 22.8. The molecule has 6 atom stereocenters. The summed E-state index contributed by atoms with van der Waals surface area (Å²) in [5, 5.41) is 13.2. The zero-order valence-corrected chi connectivity index (χ0v) is 38.7. The number of aliphatic hydroxyl groups excluding tert-OH is 1. The van der Waals surface area contributed by atoms with E-state index in [0.717, 1.165) is 51.4 Å². The minimum atomic E-state index is -2.86. The number of nitrogens with one attached hydrogen (secondary N) is 1. The molecule has 0 radical (unpaired) electrons. The predicted octanol–water partition coefficient (Wildman–Crippen LogP) is 10.2. The van der Waals surface area contributed by atoms with Gasteiger partial charge in [0.25, 0.3) is 0 Å². The second-order valence-corrected chi connectivity index (χ2v) is 19.6. The van der Waals surface area contributed by atoms with Crippen LogP contribution in [-0.2, 0) is 32.2 Å². The van der Waals surface area contributed by atoms with Crippen LogP contribution >= 0.6 is 12.4 Å². The minimum Gasteiger partial charge on any atom is -0.444 e. The van der Waals surface area contributed by atoms with Gasteiger partial charge in [-0.1, -0.05) is 36.4 Å². The third-order valence-corrected chi connectivity index (χ3v) is 12.4. The molecule has 6 bridgehead atoms. The summed E-state index contributed by atoms with van der Waals surface area (Å²) in [6, 6.07) is 15.2. The average molecular weight is 931 g/mol. The van der Waals surface area contributed by atoms with E-state index < -0.39 is 24.4 Å². The highest BCUT2D eigenvalue weighted by molar-refractivity contribution is 5.85. The summed E-state index contributed by atoms with van der Waals surface area (Å²) in [7, 11) is 0. The van der Waals surface area contributed by atoms with E-state index >= 15 is 0 Å². The molecule has 6 aliphatic heterocycles. The molecule has 0 saturated carbocycles. The lowest BCUT2D eigenvalue weighted by Gasteiger charge is -2.39. The molecule has 17 heteroatoms. The van der Waals surface area contributed by atoms with Crippen LogP contribution in [0.4, 0.5) is 27.2 Å². The Labute approximate surface area is 381 Å². The Balaban J connectivity index is 0.000000186. The molecule has 6 saturated heterocycles. The maximum Gasteiger partial charge on any atom is 0.410 e. The van der Waals surface area contributed by atoms with Gasteiger partial charge < -0.3 is 48.6 Å². The number of fused-ring (bicyclic) bond motifs is 6. The van der Waals surface area contributed by atoms with Crippen molar-refractivity contribution in [2.75, 3.05) is 0 Å². The Morgan fingerprint density at radius 3 is 1.34 bits per heavy atom. The third-order valence-electron chi connectivity index (χ3n) is 12.4. The molecule has 2 amide bonds. The van der Waals surface area contributed by atoms with Crippen LogP contribution in [0.3, 0.4) is 0 Å². The van der Waals surface area contributed by atoms with Crippen LogP contribution in [0.2, 0.25) is 0 Å². The first-order chi connectivity index (χ1) is 29.8. The molecule has 0 aromatic heterocycles. The number of aliphatic hydroxyl groups is 1. The highest BCUT2D eigenvalue weighted by Crippen LogP contribution is 2.39. The summed E-state index contributed by atoms with van der Waals surface area (Å²) in [6.45, 7) is 6.10. The quantitative estimate of drug-likeness (QED) is 0.222. The zero-order valence-electron chi connectivity index (χ0n) is 37.9. The number of alkyl halides is 4. The SMILES string of the molecule is CC(C)(C)OC(=O)N1C2CCC1CC(O)C2.CC(C)(C)OC(=O)N1C2CCC1CC(OCc1ccccc1OC(F)F)C2.Cl.FC(F)Oc1ccccc1COC1CC2CCC(C1)N2. The Hall–Kier alpha value is -3.57. The average Bonchev–Trinajstić information content (AvgIpc) is 3.78. The van der Waals surface area contributed by atoms with E-state index in [1.54, 1.807) is 36.4 Å². The largest absolute Gasteiger partial charge is 0.444 e. The van der Waals surface area contributed by atoms with Gasteiger partial charge in [0.15, 0.2) is 0 Å². The highest BCUT2D eigenvalue weighted by Gasteiger charge is 2.46. The van der Waals surface area contributed by atoms with Gasteiger partial charge >= 0.3 is 25.4 Å². The van der Waals surface area contributed by atoms with Gasteiger partial charge in [-0.25, -0.2) is 9.59 Å². The first kappa shape index (κ1) is 51.4. The molecule has 360 valence electrons. The predicted molar refractivity (Wildman–Crippen MR) is 234 cm³/mol. The van der Waals surface area contributed by atoms with E-state index in [1.807, 2.05) is 57.4 Å². The maximum absolute atomic E-state index is 12.5. The summed E-state index contributed by atoms with van der Waals surface area (Å²) >= 11 is 0. The van der Waals surface area contributed by atoms with Crippen molar-refractivity contribution in [3.8, 4) is 11.5 Å². The standard InChI is InChI=1S/C20H27F2NO4.C15H19F2NO2.C12H21NO3.ClH/c1-20(2,3)27-19(24)23-14-8-9-15(23)11-16(10-14)25-12-13-6-4-5-7-17(13)26-18(21)22;16-15(17)20-14-4-2-1-3-10(14)9-19-13-7-11-5-6-12(8-13)18-11;1-12(2,3)16-11(15)13-8-4-5-9(13)7-10(14)6-8;/h4-7,14-16,18H,8-12H2,1-3H3;1-4,11-13,15,18H,5-9H2;8-10,14H,4-7H2,1-3H3;1H. The Morgan fingerprint density at radius 1 is 0.609 bits per heavy atom. The Bertz CT molecular complexity index is 1760. The van der Waals surface area contributed by atoms with E-state index in [0.29, 0.717) is 42.7 Å². The van der Waals surface area contributed by atoms with Crippen LogP contribution in [0.5, 0.6) is 11.5 Å². The summed E-state index contributed by atoms with van der Waals surface area (Å²) in [5.41, 5.74) is 0.323. The first-order valence-corrected chi connectivity index (χ1v) is 22.6. The van der Waals surface area contributed by atoms with Gasteiger partial charge in [-0.2, -0.15) is 17.6 Å². The summed E-state index contributed by atoms with van der Waals surface area (Å²) in [4.78, 5) is 28.2. The minimum absolute atomic E-state index is 0. The van der Waals surface area contributed by atoms with Crippen LogP contribution in [0.25, 0.3) is 0 Å². The molecular weight excluding hydrogens is 862 g/mol. The number of carbonyl (C=O) groups excluding carboxylic acids is 2. The van der Waals surface area contributed by atoms with Crippen molar-refractivity contribution in [3.63, 3.8) is 0 Å². The molecule has 6 heterocycles. The lowest BCUT2D eigenvalue weighted by Crippen LogP contribution is -2.50. The van der Waals surface area contributed by atoms with Crippen molar-refractivity contribution in [3.05, 3.63) is 59.7 Å². The molecule has 0 spiro atoms. The van der Waals surface area contributed by atoms with Crippen LogP contribution in [0.1, 0.15) is 130 Å². The number of halogens is 5. The normalized spacial score (nSPS) is 28.0. The molecule has 64 heavy (non-hydrogen) atoms. The van der Waals surface area contributed by atoms with Gasteiger partial charge in [0.1, 0.15) is 22.7 Å². The molecule has 12 nitrogen and oxygen atoms in total. The molecule has 6 fully saturated rings. The van der Waals surface area contributed by atoms with Crippen LogP contribution in [0, 0.1) is 0 Å². The molecule has 2 aromatic rings. The number of piperidine rings is 3. The molecule has 0 aliphatic carbocycles. The second-order valence-electron chi connectivity index (χ2n) is 19.6. The maximum atomic E-state index is 12.5. The number of carbonyl (C=O) groups is 2. The fourth-order valence-corrected chi connectivity index (χ4v) is 9.86. The van der Waals surface area contributed by atoms with Gasteiger partial charge in [0.05, 0.1) is 31.5 Å². The van der Waals surface area contributed by atoms with E-state index in [-0.39, 0.29) is 85.2 Å². The summed E-state index contributed by atoms with van der Waals surface area (Å²) in [5.74, 6) is 0.348. The molecule has 2 N–H and O–H groups in total. The lowest BCUT2D eigenvalue weighted by atomic mass is 10.00. The zero-order chi connectivity index (χ0) is 45.5. The number of benzene rings is 2. The number of rotatable bonds is 10. The lowest BCUT2D eigenvalue weighted by molar-refractivity contribution is -0.0554. The van der Waals surface area contributed by atoms with E-state index in [1.165, 1.54) is 18.9 Å². The van der Waals surface area contributed by atoms with Gasteiger partial charge in [-0.3, -0.25) is 0 Å². The summed E-state index contributed by atoms with van der Waals surface area (Å²) < 4.78 is 81.6. The first-order valence-electron chi connectivity index (χ1n) is 22.6. The van der Waals surface area contributed by atoms with E-state index in [9.17, 15) is 32.3 Å². The monoisotopic (exact) mass is 929 g/mol.